The van der Waals surface area contributed by atoms with Crippen molar-refractivity contribution in [3.63, 3.8) is 0 Å². The van der Waals surface area contributed by atoms with Crippen molar-refractivity contribution in [2.45, 2.75) is 0 Å². The fourth-order valence-corrected chi connectivity index (χ4v) is 1.49. The minimum atomic E-state index is 0.733. The van der Waals surface area contributed by atoms with E-state index < -0.39 is 0 Å². The fraction of sp³-hybridized carbons (Fsp3) is 0.100. The number of aromatic nitrogens is 2. The van der Waals surface area contributed by atoms with Crippen molar-refractivity contribution in [1.82, 2.24) is 9.55 Å². The molecule has 0 unspecified atom stereocenters. The second-order valence-electron chi connectivity index (χ2n) is 2.84. The summed E-state index contributed by atoms with van der Waals surface area (Å²) in [7, 11) is 1.95. The average molecular weight is 193 g/mol. The molecule has 2 rings (SSSR count). The first kappa shape index (κ1) is 8.32. The summed E-state index contributed by atoms with van der Waals surface area (Å²) in [5, 5.41) is 0.733. The van der Waals surface area contributed by atoms with Gasteiger partial charge in [-0.15, -0.1) is 0 Å². The zero-order valence-corrected chi connectivity index (χ0v) is 7.99. The van der Waals surface area contributed by atoms with Gasteiger partial charge in [0.1, 0.15) is 5.82 Å². The molecule has 0 aliphatic rings. The van der Waals surface area contributed by atoms with Crippen LogP contribution in [0.3, 0.4) is 0 Å². The molecule has 2 aromatic rings. The summed E-state index contributed by atoms with van der Waals surface area (Å²) in [4.78, 5) is 4.23. The van der Waals surface area contributed by atoms with Crippen molar-refractivity contribution < 1.29 is 0 Å². The third-order valence-corrected chi connectivity index (χ3v) is 2.27. The van der Waals surface area contributed by atoms with Crippen LogP contribution in [0.25, 0.3) is 11.4 Å². The number of aryl methyl sites for hydroxylation is 1. The predicted octanol–water partition coefficient (Wildman–Crippen LogP) is 2.74. The molecule has 3 heteroatoms. The second kappa shape index (κ2) is 3.23. The van der Waals surface area contributed by atoms with E-state index >= 15 is 0 Å². The van der Waals surface area contributed by atoms with Crippen molar-refractivity contribution >= 4 is 11.6 Å². The molecule has 1 aromatic heterocycles. The van der Waals surface area contributed by atoms with E-state index in [0.29, 0.717) is 0 Å². The van der Waals surface area contributed by atoms with Crippen LogP contribution in [0.4, 0.5) is 0 Å². The smallest absolute Gasteiger partial charge is 0.141 e. The molecule has 0 fully saturated rings. The van der Waals surface area contributed by atoms with Crippen LogP contribution < -0.4 is 0 Å². The van der Waals surface area contributed by atoms with E-state index in [1.807, 2.05) is 42.1 Å². The molecule has 0 saturated carbocycles. The highest BCUT2D eigenvalue weighted by atomic mass is 35.5. The normalized spacial score (nSPS) is 10.3. The molecule has 0 bridgehead atoms. The highest BCUT2D eigenvalue weighted by Crippen LogP contribution is 2.25. The molecule has 13 heavy (non-hydrogen) atoms. The summed E-state index contributed by atoms with van der Waals surface area (Å²) in [5.41, 5.74) is 0.969. The van der Waals surface area contributed by atoms with E-state index in [1.165, 1.54) is 0 Å². The summed E-state index contributed by atoms with van der Waals surface area (Å²) in [6.45, 7) is 0. The quantitative estimate of drug-likeness (QED) is 0.680. The standard InChI is InChI=1S/C10H9ClN2/c1-13-7-6-12-10(13)8-4-2-3-5-9(8)11/h2-7H,1H3. The first-order chi connectivity index (χ1) is 6.29. The van der Waals surface area contributed by atoms with Gasteiger partial charge in [0.25, 0.3) is 0 Å². The third-order valence-electron chi connectivity index (χ3n) is 1.94. The number of hydrogen-bond acceptors (Lipinski definition) is 1. The topological polar surface area (TPSA) is 17.8 Å². The fourth-order valence-electron chi connectivity index (χ4n) is 1.27. The molecular formula is C10H9ClN2. The largest absolute Gasteiger partial charge is 0.334 e. The van der Waals surface area contributed by atoms with Crippen LogP contribution in [-0.2, 0) is 7.05 Å². The van der Waals surface area contributed by atoms with E-state index in [-0.39, 0.29) is 0 Å². The third kappa shape index (κ3) is 1.45. The first-order valence-electron chi connectivity index (χ1n) is 4.01. The van der Waals surface area contributed by atoms with E-state index in [0.717, 1.165) is 16.4 Å². The Hall–Kier alpha value is -1.28. The lowest BCUT2D eigenvalue weighted by Crippen LogP contribution is -1.91. The number of halogens is 1. The Labute approximate surface area is 81.8 Å². The molecule has 0 radical (unpaired) electrons. The van der Waals surface area contributed by atoms with Crippen LogP contribution in [0.15, 0.2) is 36.7 Å². The summed E-state index contributed by atoms with van der Waals surface area (Å²) >= 11 is 6.03. The van der Waals surface area contributed by atoms with Crippen molar-refractivity contribution in [3.05, 3.63) is 41.7 Å². The van der Waals surface area contributed by atoms with Gasteiger partial charge in [-0.25, -0.2) is 4.98 Å². The molecule has 66 valence electrons. The lowest BCUT2D eigenvalue weighted by molar-refractivity contribution is 0.925. The van der Waals surface area contributed by atoms with Gasteiger partial charge in [-0.1, -0.05) is 23.7 Å². The highest BCUT2D eigenvalue weighted by Gasteiger charge is 2.05. The van der Waals surface area contributed by atoms with Crippen LogP contribution in [0.2, 0.25) is 5.02 Å². The molecule has 0 amide bonds. The maximum atomic E-state index is 6.03. The second-order valence-corrected chi connectivity index (χ2v) is 3.25. The molecule has 0 N–H and O–H groups in total. The Balaban J connectivity index is 2.59. The Morgan fingerprint density at radius 1 is 1.31 bits per heavy atom. The Morgan fingerprint density at radius 3 is 2.69 bits per heavy atom. The van der Waals surface area contributed by atoms with Crippen LogP contribution in [-0.4, -0.2) is 9.55 Å². The van der Waals surface area contributed by atoms with Crippen LogP contribution in [0.1, 0.15) is 0 Å². The predicted molar refractivity (Wildman–Crippen MR) is 53.7 cm³/mol. The van der Waals surface area contributed by atoms with Crippen molar-refractivity contribution in [1.29, 1.82) is 0 Å². The lowest BCUT2D eigenvalue weighted by Gasteiger charge is -2.02. The first-order valence-corrected chi connectivity index (χ1v) is 4.39. The zero-order valence-electron chi connectivity index (χ0n) is 7.24. The summed E-state index contributed by atoms with van der Waals surface area (Å²) in [6, 6.07) is 7.70. The number of hydrogen-bond donors (Lipinski definition) is 0. The van der Waals surface area contributed by atoms with Gasteiger partial charge in [0.2, 0.25) is 0 Å². The van der Waals surface area contributed by atoms with Crippen molar-refractivity contribution in [3.8, 4) is 11.4 Å². The Morgan fingerprint density at radius 2 is 2.08 bits per heavy atom. The molecule has 0 atom stereocenters. The van der Waals surface area contributed by atoms with Crippen LogP contribution >= 0.6 is 11.6 Å². The number of imidazole rings is 1. The monoisotopic (exact) mass is 192 g/mol. The number of benzene rings is 1. The molecule has 0 aliphatic carbocycles. The van der Waals surface area contributed by atoms with Crippen LogP contribution in [0, 0.1) is 0 Å². The van der Waals surface area contributed by atoms with E-state index in [9.17, 15) is 0 Å². The summed E-state index contributed by atoms with van der Waals surface area (Å²) in [5.74, 6) is 0.894. The van der Waals surface area contributed by atoms with Gasteiger partial charge >= 0.3 is 0 Å². The van der Waals surface area contributed by atoms with E-state index in [2.05, 4.69) is 4.98 Å². The molecule has 2 nitrogen and oxygen atoms in total. The number of rotatable bonds is 1. The maximum Gasteiger partial charge on any atom is 0.141 e. The van der Waals surface area contributed by atoms with Gasteiger partial charge in [0.05, 0.1) is 5.02 Å². The number of nitrogens with zero attached hydrogens (tertiary/aromatic N) is 2. The Kier molecular flexibility index (Phi) is 2.07. The molecule has 0 saturated heterocycles. The van der Waals surface area contributed by atoms with Gasteiger partial charge in [-0.2, -0.15) is 0 Å². The minimum absolute atomic E-state index is 0.733. The molecule has 1 aromatic carbocycles. The van der Waals surface area contributed by atoms with E-state index in [4.69, 9.17) is 11.6 Å². The van der Waals surface area contributed by atoms with Gasteiger partial charge < -0.3 is 4.57 Å². The van der Waals surface area contributed by atoms with E-state index in [1.54, 1.807) is 6.20 Å². The highest BCUT2D eigenvalue weighted by molar-refractivity contribution is 6.33. The van der Waals surface area contributed by atoms with Crippen LogP contribution in [0.5, 0.6) is 0 Å². The molecule has 0 aliphatic heterocycles. The van der Waals surface area contributed by atoms with Gasteiger partial charge in [0, 0.05) is 25.0 Å². The summed E-state index contributed by atoms with van der Waals surface area (Å²) in [6.07, 6.45) is 3.66. The Bertz CT molecular complexity index is 420. The lowest BCUT2D eigenvalue weighted by atomic mass is 10.2. The van der Waals surface area contributed by atoms with Gasteiger partial charge in [-0.3, -0.25) is 0 Å². The zero-order chi connectivity index (χ0) is 9.26. The molecular weight excluding hydrogens is 184 g/mol. The molecule has 0 spiro atoms. The van der Waals surface area contributed by atoms with Crippen molar-refractivity contribution in [2.24, 2.45) is 7.05 Å². The van der Waals surface area contributed by atoms with Gasteiger partial charge in [-0.05, 0) is 12.1 Å². The van der Waals surface area contributed by atoms with Gasteiger partial charge in [0.15, 0.2) is 0 Å². The molecule has 1 heterocycles. The maximum absolute atomic E-state index is 6.03. The summed E-state index contributed by atoms with van der Waals surface area (Å²) < 4.78 is 1.95. The minimum Gasteiger partial charge on any atom is -0.334 e. The average Bonchev–Trinajstić information content (AvgIpc) is 2.52. The van der Waals surface area contributed by atoms with Crippen molar-refractivity contribution in [2.75, 3.05) is 0 Å². The SMILES string of the molecule is Cn1ccnc1-c1ccccc1Cl.